The number of halogens is 1. The molecule has 1 aromatic heterocycles. The maximum atomic E-state index is 12.3. The number of hydrogen-bond acceptors (Lipinski definition) is 5. The predicted molar refractivity (Wildman–Crippen MR) is 101 cm³/mol. The van der Waals surface area contributed by atoms with E-state index in [4.69, 9.17) is 11.6 Å². The van der Waals surface area contributed by atoms with Crippen molar-refractivity contribution < 1.29 is 4.79 Å². The molecule has 0 fully saturated rings. The van der Waals surface area contributed by atoms with Crippen LogP contribution in [0.1, 0.15) is 6.92 Å². The molecule has 4 nitrogen and oxygen atoms in total. The van der Waals surface area contributed by atoms with Gasteiger partial charge in [0.25, 0.3) is 0 Å². The molecule has 7 heteroatoms. The first-order chi connectivity index (χ1) is 11.6. The van der Waals surface area contributed by atoms with Crippen molar-refractivity contribution in [3.63, 3.8) is 0 Å². The van der Waals surface area contributed by atoms with Gasteiger partial charge in [-0.05, 0) is 31.2 Å². The lowest BCUT2D eigenvalue weighted by atomic mass is 10.2. The maximum Gasteiger partial charge on any atom is 0.239 e. The molecule has 0 saturated heterocycles. The van der Waals surface area contributed by atoms with Crippen molar-refractivity contribution in [1.29, 1.82) is 0 Å². The number of thioether (sulfide) groups is 1. The number of amides is 1. The van der Waals surface area contributed by atoms with Crippen LogP contribution in [-0.4, -0.2) is 21.4 Å². The second-order valence-electron chi connectivity index (χ2n) is 4.98. The Bertz CT molecular complexity index is 821. The summed E-state index contributed by atoms with van der Waals surface area (Å²) in [4.78, 5) is 13.4. The molecular weight excluding hydrogens is 362 g/mol. The highest BCUT2D eigenvalue weighted by atomic mass is 35.5. The van der Waals surface area contributed by atoms with E-state index >= 15 is 0 Å². The molecule has 1 atom stereocenters. The van der Waals surface area contributed by atoms with Crippen LogP contribution in [0, 0.1) is 0 Å². The van der Waals surface area contributed by atoms with Gasteiger partial charge in [-0.3, -0.25) is 10.1 Å². The number of aromatic nitrogens is 2. The van der Waals surface area contributed by atoms with Gasteiger partial charge in [-0.1, -0.05) is 53.3 Å². The number of hydrogen-bond donors (Lipinski definition) is 1. The van der Waals surface area contributed by atoms with E-state index in [2.05, 4.69) is 15.5 Å². The molecule has 24 heavy (non-hydrogen) atoms. The van der Waals surface area contributed by atoms with Crippen molar-refractivity contribution >= 4 is 45.7 Å². The van der Waals surface area contributed by atoms with Gasteiger partial charge in [0.2, 0.25) is 11.0 Å². The van der Waals surface area contributed by atoms with E-state index in [0.717, 1.165) is 15.5 Å². The van der Waals surface area contributed by atoms with Gasteiger partial charge in [0.1, 0.15) is 5.01 Å². The predicted octanol–water partition coefficient (Wildman–Crippen LogP) is 4.98. The number of anilines is 1. The Morgan fingerprint density at radius 1 is 1.12 bits per heavy atom. The maximum absolute atomic E-state index is 12.3. The van der Waals surface area contributed by atoms with Crippen LogP contribution < -0.4 is 5.32 Å². The Labute approximate surface area is 153 Å². The Morgan fingerprint density at radius 3 is 2.54 bits per heavy atom. The van der Waals surface area contributed by atoms with Crippen LogP contribution in [0.25, 0.3) is 10.6 Å². The number of nitrogens with one attached hydrogen (secondary N) is 1. The van der Waals surface area contributed by atoms with E-state index in [-0.39, 0.29) is 11.2 Å². The van der Waals surface area contributed by atoms with Crippen molar-refractivity contribution in [2.75, 3.05) is 5.32 Å². The van der Waals surface area contributed by atoms with Crippen LogP contribution >= 0.6 is 34.7 Å². The molecule has 0 bridgehead atoms. The quantitative estimate of drug-likeness (QED) is 0.639. The number of benzene rings is 2. The van der Waals surface area contributed by atoms with E-state index in [1.807, 2.05) is 49.4 Å². The third kappa shape index (κ3) is 4.35. The Balaban J connectivity index is 1.63. The molecule has 2 aromatic carbocycles. The minimum atomic E-state index is -0.227. The van der Waals surface area contributed by atoms with Gasteiger partial charge in [-0.15, -0.1) is 22.0 Å². The summed E-state index contributed by atoms with van der Waals surface area (Å²) >= 11 is 8.73. The first kappa shape index (κ1) is 17.0. The van der Waals surface area contributed by atoms with E-state index in [1.54, 1.807) is 12.1 Å². The molecule has 0 spiro atoms. The van der Waals surface area contributed by atoms with Crippen LogP contribution in [0.4, 0.5) is 5.13 Å². The standard InChI is InChI=1S/C17H14ClN3OS2/c1-11(23-14-5-3-2-4-6-14)15(22)19-17-21-20-16(24-17)12-7-9-13(18)10-8-12/h2-11H,1H3,(H,19,21,22)/t11-/m1/s1. The van der Waals surface area contributed by atoms with Crippen LogP contribution in [0.5, 0.6) is 0 Å². The molecule has 3 aromatic rings. The SMILES string of the molecule is C[C@@H](Sc1ccccc1)C(=O)Nc1nnc(-c2ccc(Cl)cc2)s1. The average molecular weight is 376 g/mol. The zero-order chi connectivity index (χ0) is 16.9. The first-order valence-corrected chi connectivity index (χ1v) is 9.31. The molecule has 0 aliphatic carbocycles. The van der Waals surface area contributed by atoms with Gasteiger partial charge in [0.05, 0.1) is 5.25 Å². The third-order valence-electron chi connectivity index (χ3n) is 3.17. The molecular formula is C17H14ClN3OS2. The lowest BCUT2D eigenvalue weighted by Crippen LogP contribution is -2.22. The van der Waals surface area contributed by atoms with Gasteiger partial charge in [-0.2, -0.15) is 0 Å². The molecule has 0 unspecified atom stereocenters. The fourth-order valence-electron chi connectivity index (χ4n) is 1.95. The summed E-state index contributed by atoms with van der Waals surface area (Å²) in [6.45, 7) is 1.87. The lowest BCUT2D eigenvalue weighted by molar-refractivity contribution is -0.115. The van der Waals surface area contributed by atoms with Crippen molar-refractivity contribution in [2.24, 2.45) is 0 Å². The molecule has 1 N–H and O–H groups in total. The molecule has 1 heterocycles. The number of nitrogens with zero attached hydrogens (tertiary/aromatic N) is 2. The van der Waals surface area contributed by atoms with E-state index in [1.165, 1.54) is 23.1 Å². The summed E-state index contributed by atoms with van der Waals surface area (Å²) in [6.07, 6.45) is 0. The van der Waals surface area contributed by atoms with Crippen LogP contribution in [0.15, 0.2) is 59.5 Å². The normalized spacial score (nSPS) is 11.9. The van der Waals surface area contributed by atoms with Gasteiger partial charge in [0, 0.05) is 15.5 Å². The van der Waals surface area contributed by atoms with Gasteiger partial charge < -0.3 is 0 Å². The Morgan fingerprint density at radius 2 is 1.83 bits per heavy atom. The van der Waals surface area contributed by atoms with Crippen molar-refractivity contribution in [2.45, 2.75) is 17.1 Å². The van der Waals surface area contributed by atoms with Crippen LogP contribution in [0.3, 0.4) is 0 Å². The monoisotopic (exact) mass is 375 g/mol. The van der Waals surface area contributed by atoms with Gasteiger partial charge in [-0.25, -0.2) is 0 Å². The highest BCUT2D eigenvalue weighted by molar-refractivity contribution is 8.00. The lowest BCUT2D eigenvalue weighted by Gasteiger charge is -2.09. The number of carbonyl (C=O) groups is 1. The summed E-state index contributed by atoms with van der Waals surface area (Å²) in [5.74, 6) is -0.0948. The number of carbonyl (C=O) groups excluding carboxylic acids is 1. The molecule has 1 amide bonds. The molecule has 0 aliphatic heterocycles. The smallest absolute Gasteiger partial charge is 0.239 e. The van der Waals surface area contributed by atoms with Crippen molar-refractivity contribution in [1.82, 2.24) is 10.2 Å². The largest absolute Gasteiger partial charge is 0.300 e. The van der Waals surface area contributed by atoms with E-state index in [9.17, 15) is 4.79 Å². The molecule has 0 radical (unpaired) electrons. The first-order valence-electron chi connectivity index (χ1n) is 7.24. The van der Waals surface area contributed by atoms with E-state index in [0.29, 0.717) is 10.2 Å². The zero-order valence-electron chi connectivity index (χ0n) is 12.8. The minimum absolute atomic E-state index is 0.0948. The fourth-order valence-corrected chi connectivity index (χ4v) is 3.71. The summed E-state index contributed by atoms with van der Waals surface area (Å²) in [7, 11) is 0. The summed E-state index contributed by atoms with van der Waals surface area (Å²) < 4.78 is 0. The number of rotatable bonds is 5. The molecule has 0 aliphatic rings. The topological polar surface area (TPSA) is 54.9 Å². The summed E-state index contributed by atoms with van der Waals surface area (Å²) in [6, 6.07) is 17.2. The van der Waals surface area contributed by atoms with Crippen molar-refractivity contribution in [3.05, 3.63) is 59.6 Å². The van der Waals surface area contributed by atoms with Crippen LogP contribution in [-0.2, 0) is 4.79 Å². The second-order valence-corrected chi connectivity index (χ2v) is 7.81. The highest BCUT2D eigenvalue weighted by Gasteiger charge is 2.16. The average Bonchev–Trinajstić information content (AvgIpc) is 3.05. The zero-order valence-corrected chi connectivity index (χ0v) is 15.2. The van der Waals surface area contributed by atoms with Gasteiger partial charge in [0.15, 0.2) is 0 Å². The second kappa shape index (κ2) is 7.79. The molecule has 0 saturated carbocycles. The minimum Gasteiger partial charge on any atom is -0.300 e. The van der Waals surface area contributed by atoms with Crippen LogP contribution in [0.2, 0.25) is 5.02 Å². The summed E-state index contributed by atoms with van der Waals surface area (Å²) in [5, 5.41) is 12.7. The Kier molecular flexibility index (Phi) is 5.50. The van der Waals surface area contributed by atoms with E-state index < -0.39 is 0 Å². The van der Waals surface area contributed by atoms with Crippen molar-refractivity contribution in [3.8, 4) is 10.6 Å². The third-order valence-corrected chi connectivity index (χ3v) is 5.42. The van der Waals surface area contributed by atoms with Gasteiger partial charge >= 0.3 is 0 Å². The molecule has 122 valence electrons. The molecule has 3 rings (SSSR count). The Hall–Kier alpha value is -1.89. The highest BCUT2D eigenvalue weighted by Crippen LogP contribution is 2.28. The fraction of sp³-hybridized carbons (Fsp3) is 0.118. The summed E-state index contributed by atoms with van der Waals surface area (Å²) in [5.41, 5.74) is 0.920.